The van der Waals surface area contributed by atoms with Crippen molar-refractivity contribution >= 4 is 0 Å². The van der Waals surface area contributed by atoms with E-state index in [1.165, 1.54) is 29.2 Å². The first-order chi connectivity index (χ1) is 8.29. The van der Waals surface area contributed by atoms with Gasteiger partial charge in [-0.05, 0) is 69.1 Å². The van der Waals surface area contributed by atoms with Crippen LogP contribution in [0, 0.1) is 30.6 Å². The Morgan fingerprint density at radius 1 is 0.647 bits per heavy atom. The highest BCUT2D eigenvalue weighted by atomic mass is 14.5. The van der Waals surface area contributed by atoms with Gasteiger partial charge in [0.05, 0.1) is 0 Å². The molecule has 0 nitrogen and oxygen atoms in total. The van der Waals surface area contributed by atoms with Crippen molar-refractivity contribution in [1.82, 2.24) is 0 Å². The molecule has 4 fully saturated rings. The highest BCUT2D eigenvalue weighted by molar-refractivity contribution is 5.11. The molecule has 1 aromatic rings. The molecule has 0 amide bonds. The summed E-state index contributed by atoms with van der Waals surface area (Å²) in [5.74, 6) is 4.71. The monoisotopic (exact) mass is 228 g/mol. The first-order valence-electron chi connectivity index (χ1n) is 7.31. The third-order valence-corrected chi connectivity index (χ3v) is 4.94. The zero-order valence-corrected chi connectivity index (χ0v) is 10.9. The number of rotatable bonds is 0. The van der Waals surface area contributed by atoms with Crippen LogP contribution >= 0.6 is 0 Å². The third kappa shape index (κ3) is 2.73. The highest BCUT2D eigenvalue weighted by Crippen LogP contribution is 2.53. The van der Waals surface area contributed by atoms with Crippen molar-refractivity contribution in [3.63, 3.8) is 0 Å². The second-order valence-electron chi connectivity index (χ2n) is 6.53. The van der Waals surface area contributed by atoms with Crippen LogP contribution in [0.25, 0.3) is 0 Å². The summed E-state index contributed by atoms with van der Waals surface area (Å²) >= 11 is 0. The van der Waals surface area contributed by atoms with Gasteiger partial charge in [-0.1, -0.05) is 35.9 Å². The summed E-state index contributed by atoms with van der Waals surface area (Å²) in [6.07, 6.45) is 9.62. The molecule has 0 N–H and O–H groups in total. The lowest BCUT2D eigenvalue weighted by Gasteiger charge is -2.49. The normalized spacial score (nSPS) is 37.5. The lowest BCUT2D eigenvalue weighted by Crippen LogP contribution is -2.38. The predicted molar refractivity (Wildman–Crippen MR) is 72.8 cm³/mol. The van der Waals surface area contributed by atoms with Gasteiger partial charge in [-0.15, -0.1) is 0 Å². The molecule has 0 heteroatoms. The summed E-state index contributed by atoms with van der Waals surface area (Å²) in [5.41, 5.74) is 1.32. The van der Waals surface area contributed by atoms with E-state index in [2.05, 4.69) is 19.1 Å². The number of hydrogen-bond acceptors (Lipinski definition) is 0. The molecule has 0 saturated heterocycles. The molecule has 0 unspecified atom stereocenters. The first kappa shape index (κ1) is 11.3. The molecule has 1 aromatic carbocycles. The Balaban J connectivity index is 0.000000115. The van der Waals surface area contributed by atoms with Crippen LogP contribution in [-0.2, 0) is 0 Å². The van der Waals surface area contributed by atoms with Crippen LogP contribution in [-0.4, -0.2) is 0 Å². The van der Waals surface area contributed by atoms with Crippen LogP contribution in [0.1, 0.15) is 44.1 Å². The van der Waals surface area contributed by atoms with Crippen LogP contribution in [0.15, 0.2) is 30.3 Å². The third-order valence-electron chi connectivity index (χ3n) is 4.94. The van der Waals surface area contributed by atoms with Gasteiger partial charge in [-0.25, -0.2) is 0 Å². The van der Waals surface area contributed by atoms with Gasteiger partial charge in [-0.3, -0.25) is 0 Å². The molecule has 4 saturated carbocycles. The van der Waals surface area contributed by atoms with Crippen LogP contribution < -0.4 is 0 Å². The van der Waals surface area contributed by atoms with Crippen molar-refractivity contribution < 1.29 is 0 Å². The van der Waals surface area contributed by atoms with Crippen LogP contribution in [0.4, 0.5) is 0 Å². The molecule has 92 valence electrons. The summed E-state index contributed by atoms with van der Waals surface area (Å²) < 4.78 is 0. The van der Waals surface area contributed by atoms with E-state index < -0.39 is 0 Å². The van der Waals surface area contributed by atoms with E-state index in [1.807, 2.05) is 18.2 Å². The maximum atomic E-state index is 2.08. The molecule has 0 aromatic heterocycles. The van der Waals surface area contributed by atoms with Crippen molar-refractivity contribution in [3.8, 4) is 0 Å². The van der Waals surface area contributed by atoms with Crippen molar-refractivity contribution in [2.45, 2.75) is 45.4 Å². The van der Waals surface area contributed by atoms with E-state index >= 15 is 0 Å². The number of benzene rings is 1. The second kappa shape index (κ2) is 4.84. The van der Waals surface area contributed by atoms with Crippen molar-refractivity contribution in [2.75, 3.05) is 0 Å². The van der Waals surface area contributed by atoms with Gasteiger partial charge < -0.3 is 0 Å². The minimum atomic E-state index is 1.18. The Hall–Kier alpha value is -0.780. The Labute approximate surface area is 105 Å². The van der Waals surface area contributed by atoms with Crippen LogP contribution in [0.3, 0.4) is 0 Å². The Morgan fingerprint density at radius 3 is 1.24 bits per heavy atom. The second-order valence-corrected chi connectivity index (χ2v) is 6.53. The molecule has 0 radical (unpaired) electrons. The van der Waals surface area contributed by atoms with E-state index in [-0.39, 0.29) is 0 Å². The molecular weight excluding hydrogens is 204 g/mol. The Bertz CT molecular complexity index is 295. The Morgan fingerprint density at radius 2 is 1.00 bits per heavy atom. The minimum absolute atomic E-state index is 1.18. The molecule has 0 aliphatic heterocycles. The summed E-state index contributed by atoms with van der Waals surface area (Å²) in [6, 6.07) is 10.3. The SMILES string of the molecule is C1C2CC3CC1CC(C2)C3.Cc1ccccc1. The molecule has 4 aliphatic rings. The molecule has 5 rings (SSSR count). The molecule has 0 spiro atoms. The van der Waals surface area contributed by atoms with Gasteiger partial charge in [0.2, 0.25) is 0 Å². The van der Waals surface area contributed by atoms with E-state index in [0.29, 0.717) is 0 Å². The fraction of sp³-hybridized carbons (Fsp3) is 0.647. The maximum absolute atomic E-state index is 2.08. The summed E-state index contributed by atoms with van der Waals surface area (Å²) in [6.45, 7) is 2.08. The average Bonchev–Trinajstić information content (AvgIpc) is 2.28. The van der Waals surface area contributed by atoms with Crippen molar-refractivity contribution in [2.24, 2.45) is 23.7 Å². The van der Waals surface area contributed by atoms with Gasteiger partial charge in [-0.2, -0.15) is 0 Å². The fourth-order valence-corrected chi connectivity index (χ4v) is 4.52. The zero-order valence-electron chi connectivity index (χ0n) is 10.9. The zero-order chi connectivity index (χ0) is 11.7. The van der Waals surface area contributed by atoms with E-state index in [0.717, 1.165) is 0 Å². The topological polar surface area (TPSA) is 0 Å². The lowest BCUT2D eigenvalue weighted by atomic mass is 9.56. The number of hydrogen-bond donors (Lipinski definition) is 0. The van der Waals surface area contributed by atoms with Crippen molar-refractivity contribution in [3.05, 3.63) is 35.9 Å². The van der Waals surface area contributed by atoms with Crippen LogP contribution in [0.5, 0.6) is 0 Å². The van der Waals surface area contributed by atoms with Gasteiger partial charge in [0, 0.05) is 0 Å². The minimum Gasteiger partial charge on any atom is -0.0622 e. The number of aryl methyl sites for hydroxylation is 1. The standard InChI is InChI=1S/C10H16.C7H8/c1-7-2-9-4-8(1)5-10(3-7)6-9;1-7-5-3-2-4-6-7/h7-10H,1-6H2;2-6H,1H3. The molecule has 17 heavy (non-hydrogen) atoms. The van der Waals surface area contributed by atoms with Gasteiger partial charge >= 0.3 is 0 Å². The maximum Gasteiger partial charge on any atom is -0.0398 e. The summed E-state index contributed by atoms with van der Waals surface area (Å²) in [7, 11) is 0. The lowest BCUT2D eigenvalue weighted by molar-refractivity contribution is 0.0198. The average molecular weight is 228 g/mol. The van der Waals surface area contributed by atoms with E-state index in [4.69, 9.17) is 0 Å². The molecular formula is C17H24. The molecule has 0 heterocycles. The smallest absolute Gasteiger partial charge is 0.0398 e. The van der Waals surface area contributed by atoms with Gasteiger partial charge in [0.25, 0.3) is 0 Å². The molecule has 4 bridgehead atoms. The largest absolute Gasteiger partial charge is 0.0622 e. The van der Waals surface area contributed by atoms with E-state index in [1.54, 1.807) is 38.5 Å². The predicted octanol–water partition coefficient (Wildman–Crippen LogP) is 4.83. The van der Waals surface area contributed by atoms with E-state index in [9.17, 15) is 0 Å². The molecule has 0 atom stereocenters. The first-order valence-corrected chi connectivity index (χ1v) is 7.31. The van der Waals surface area contributed by atoms with Gasteiger partial charge in [0.1, 0.15) is 0 Å². The Kier molecular flexibility index (Phi) is 3.22. The molecule has 4 aliphatic carbocycles. The van der Waals surface area contributed by atoms with Gasteiger partial charge in [0.15, 0.2) is 0 Å². The van der Waals surface area contributed by atoms with Crippen LogP contribution in [0.2, 0.25) is 0 Å². The fourth-order valence-electron chi connectivity index (χ4n) is 4.52. The summed E-state index contributed by atoms with van der Waals surface area (Å²) in [5, 5.41) is 0. The highest BCUT2D eigenvalue weighted by Gasteiger charge is 2.41. The quantitative estimate of drug-likeness (QED) is 0.597. The summed E-state index contributed by atoms with van der Waals surface area (Å²) in [4.78, 5) is 0. The van der Waals surface area contributed by atoms with Crippen molar-refractivity contribution in [1.29, 1.82) is 0 Å².